The molecule has 0 heterocycles. The Labute approximate surface area is 119 Å². The van der Waals surface area contributed by atoms with Crippen molar-refractivity contribution >= 4 is 10.0 Å². The first-order chi connectivity index (χ1) is 9.22. The van der Waals surface area contributed by atoms with Gasteiger partial charge in [0.2, 0.25) is 10.0 Å². The molecule has 0 bridgehead atoms. The van der Waals surface area contributed by atoms with E-state index in [9.17, 15) is 12.8 Å². The molecule has 0 aliphatic heterocycles. The topological polar surface area (TPSA) is 58.2 Å². The maximum atomic E-state index is 13.4. The Kier molecular flexibility index (Phi) is 4.18. The third kappa shape index (κ3) is 3.77. The van der Waals surface area contributed by atoms with Crippen molar-refractivity contribution in [3.63, 3.8) is 0 Å². The highest BCUT2D eigenvalue weighted by atomic mass is 32.2. The normalized spacial score (nSPS) is 17.4. The van der Waals surface area contributed by atoms with Crippen molar-refractivity contribution in [2.75, 3.05) is 0 Å². The zero-order valence-electron chi connectivity index (χ0n) is 12.0. The van der Waals surface area contributed by atoms with E-state index in [0.717, 1.165) is 18.9 Å². The van der Waals surface area contributed by atoms with E-state index in [0.29, 0.717) is 12.1 Å². The summed E-state index contributed by atoms with van der Waals surface area (Å²) in [6, 6.07) is 4.12. The lowest BCUT2D eigenvalue weighted by Gasteiger charge is -2.16. The molecular weight excluding hydrogens is 279 g/mol. The molecule has 4 nitrogen and oxygen atoms in total. The van der Waals surface area contributed by atoms with Crippen LogP contribution in [0.4, 0.5) is 4.39 Å². The van der Waals surface area contributed by atoms with E-state index in [1.807, 2.05) is 20.8 Å². The van der Waals surface area contributed by atoms with Crippen LogP contribution < -0.4 is 10.0 Å². The summed E-state index contributed by atoms with van der Waals surface area (Å²) in [4.78, 5) is 0.0266. The molecule has 0 aromatic heterocycles. The van der Waals surface area contributed by atoms with Crippen molar-refractivity contribution in [3.05, 3.63) is 29.6 Å². The minimum Gasteiger partial charge on any atom is -0.310 e. The van der Waals surface area contributed by atoms with Crippen LogP contribution in [0.3, 0.4) is 0 Å². The van der Waals surface area contributed by atoms with Crippen molar-refractivity contribution in [3.8, 4) is 0 Å². The van der Waals surface area contributed by atoms with Gasteiger partial charge in [0.1, 0.15) is 5.82 Å². The van der Waals surface area contributed by atoms with E-state index in [-0.39, 0.29) is 16.5 Å². The van der Waals surface area contributed by atoms with Crippen LogP contribution in [0.2, 0.25) is 0 Å². The SMILES string of the molecule is CC(C)NCc1ccc(F)cc1S(=O)(=O)NC1(C)CC1. The largest absolute Gasteiger partial charge is 0.310 e. The third-order valence-corrected chi connectivity index (χ3v) is 5.12. The van der Waals surface area contributed by atoms with Gasteiger partial charge in [-0.2, -0.15) is 0 Å². The van der Waals surface area contributed by atoms with E-state index in [2.05, 4.69) is 10.0 Å². The quantitative estimate of drug-likeness (QED) is 0.846. The molecule has 0 unspecified atom stereocenters. The van der Waals surface area contributed by atoms with Crippen LogP contribution in [0.5, 0.6) is 0 Å². The van der Waals surface area contributed by atoms with Gasteiger partial charge in [-0.05, 0) is 37.5 Å². The first kappa shape index (κ1) is 15.4. The van der Waals surface area contributed by atoms with Gasteiger partial charge in [-0.3, -0.25) is 0 Å². The molecule has 2 N–H and O–H groups in total. The zero-order valence-corrected chi connectivity index (χ0v) is 12.8. The summed E-state index contributed by atoms with van der Waals surface area (Å²) in [6.45, 7) is 6.20. The first-order valence-electron chi connectivity index (χ1n) is 6.78. The molecule has 0 amide bonds. The molecule has 1 aliphatic carbocycles. The summed E-state index contributed by atoms with van der Waals surface area (Å²) in [7, 11) is -3.69. The standard InChI is InChI=1S/C14H21FN2O2S/c1-10(2)16-9-11-4-5-12(15)8-13(11)20(18,19)17-14(3)6-7-14/h4-5,8,10,16-17H,6-7,9H2,1-3H3. The number of benzene rings is 1. The Bertz CT molecular complexity index is 595. The second kappa shape index (κ2) is 5.42. The molecule has 1 aromatic carbocycles. The number of sulfonamides is 1. The Morgan fingerprint density at radius 2 is 2.00 bits per heavy atom. The summed E-state index contributed by atoms with van der Waals surface area (Å²) < 4.78 is 40.9. The average molecular weight is 300 g/mol. The second-order valence-electron chi connectivity index (χ2n) is 5.95. The van der Waals surface area contributed by atoms with Crippen LogP contribution in [-0.2, 0) is 16.6 Å². The molecule has 2 rings (SSSR count). The molecule has 1 aromatic rings. The minimum atomic E-state index is -3.69. The minimum absolute atomic E-state index is 0.0266. The fraction of sp³-hybridized carbons (Fsp3) is 0.571. The molecule has 1 fully saturated rings. The zero-order chi connectivity index (χ0) is 15.0. The smallest absolute Gasteiger partial charge is 0.241 e. The Morgan fingerprint density at radius 1 is 1.35 bits per heavy atom. The van der Waals surface area contributed by atoms with Gasteiger partial charge in [-0.1, -0.05) is 19.9 Å². The van der Waals surface area contributed by atoms with Crippen LogP contribution >= 0.6 is 0 Å². The fourth-order valence-corrected chi connectivity index (χ4v) is 3.62. The predicted octanol–water partition coefficient (Wildman–Crippen LogP) is 2.15. The lowest BCUT2D eigenvalue weighted by Crippen LogP contribution is -2.35. The fourth-order valence-electron chi connectivity index (χ4n) is 1.91. The van der Waals surface area contributed by atoms with E-state index < -0.39 is 15.8 Å². The molecule has 20 heavy (non-hydrogen) atoms. The van der Waals surface area contributed by atoms with Gasteiger partial charge < -0.3 is 5.32 Å². The maximum Gasteiger partial charge on any atom is 0.241 e. The first-order valence-corrected chi connectivity index (χ1v) is 8.26. The molecule has 6 heteroatoms. The molecule has 0 spiro atoms. The number of hydrogen-bond donors (Lipinski definition) is 2. The highest BCUT2D eigenvalue weighted by Crippen LogP contribution is 2.36. The van der Waals surface area contributed by atoms with Crippen LogP contribution in [0, 0.1) is 5.82 Å². The lowest BCUT2D eigenvalue weighted by molar-refractivity contribution is 0.547. The highest BCUT2D eigenvalue weighted by molar-refractivity contribution is 7.89. The van der Waals surface area contributed by atoms with Crippen LogP contribution in [0.25, 0.3) is 0 Å². The number of rotatable bonds is 6. The van der Waals surface area contributed by atoms with Gasteiger partial charge >= 0.3 is 0 Å². The Balaban J connectivity index is 2.30. The van der Waals surface area contributed by atoms with Crippen molar-refractivity contribution < 1.29 is 12.8 Å². The van der Waals surface area contributed by atoms with Gasteiger partial charge in [0.05, 0.1) is 4.90 Å². The van der Waals surface area contributed by atoms with Gasteiger partial charge in [-0.15, -0.1) is 0 Å². The number of halogens is 1. The molecular formula is C14H21FN2O2S. The van der Waals surface area contributed by atoms with E-state index in [1.54, 1.807) is 0 Å². The summed E-state index contributed by atoms with van der Waals surface area (Å²) in [5.41, 5.74) is 0.213. The van der Waals surface area contributed by atoms with E-state index in [1.165, 1.54) is 12.1 Å². The summed E-state index contributed by atoms with van der Waals surface area (Å²) in [5, 5.41) is 3.16. The Morgan fingerprint density at radius 3 is 2.55 bits per heavy atom. The lowest BCUT2D eigenvalue weighted by atomic mass is 10.2. The van der Waals surface area contributed by atoms with Gasteiger partial charge in [-0.25, -0.2) is 17.5 Å². The van der Waals surface area contributed by atoms with Gasteiger partial charge in [0, 0.05) is 18.1 Å². The summed E-state index contributed by atoms with van der Waals surface area (Å²) in [6.07, 6.45) is 1.64. The number of nitrogens with one attached hydrogen (secondary N) is 2. The van der Waals surface area contributed by atoms with Crippen LogP contribution in [0.15, 0.2) is 23.1 Å². The molecule has 1 saturated carbocycles. The summed E-state index contributed by atoms with van der Waals surface area (Å²) >= 11 is 0. The molecule has 0 radical (unpaired) electrons. The molecule has 1 aliphatic rings. The van der Waals surface area contributed by atoms with Crippen LogP contribution in [0.1, 0.15) is 39.2 Å². The van der Waals surface area contributed by atoms with Crippen molar-refractivity contribution in [1.29, 1.82) is 0 Å². The van der Waals surface area contributed by atoms with E-state index >= 15 is 0 Å². The molecule has 0 atom stereocenters. The van der Waals surface area contributed by atoms with E-state index in [4.69, 9.17) is 0 Å². The third-order valence-electron chi connectivity index (χ3n) is 3.40. The second-order valence-corrected chi connectivity index (χ2v) is 7.60. The van der Waals surface area contributed by atoms with Crippen molar-refractivity contribution in [2.24, 2.45) is 0 Å². The maximum absolute atomic E-state index is 13.4. The molecule has 0 saturated heterocycles. The van der Waals surface area contributed by atoms with Crippen molar-refractivity contribution in [1.82, 2.24) is 10.0 Å². The van der Waals surface area contributed by atoms with Gasteiger partial charge in [0.25, 0.3) is 0 Å². The molecule has 112 valence electrons. The predicted molar refractivity (Wildman–Crippen MR) is 76.3 cm³/mol. The average Bonchev–Trinajstić information content (AvgIpc) is 3.03. The highest BCUT2D eigenvalue weighted by Gasteiger charge is 2.41. The summed E-state index contributed by atoms with van der Waals surface area (Å²) in [5.74, 6) is -0.542. The number of hydrogen-bond acceptors (Lipinski definition) is 3. The van der Waals surface area contributed by atoms with Crippen molar-refractivity contribution in [2.45, 2.75) is 56.6 Å². The Hall–Kier alpha value is -0.980. The van der Waals surface area contributed by atoms with Crippen LogP contribution in [-0.4, -0.2) is 20.0 Å². The monoisotopic (exact) mass is 300 g/mol. The van der Waals surface area contributed by atoms with Gasteiger partial charge in [0.15, 0.2) is 0 Å².